The summed E-state index contributed by atoms with van der Waals surface area (Å²) in [5.74, 6) is 1.27. The van der Waals surface area contributed by atoms with Gasteiger partial charge in [0, 0.05) is 13.6 Å². The van der Waals surface area contributed by atoms with E-state index in [4.69, 9.17) is 4.74 Å². The van der Waals surface area contributed by atoms with Crippen LogP contribution in [0.2, 0.25) is 0 Å². The van der Waals surface area contributed by atoms with Crippen molar-refractivity contribution < 1.29 is 23.0 Å². The first kappa shape index (κ1) is 21.5. The Morgan fingerprint density at radius 3 is 2.60 bits per heavy atom. The fourth-order valence-corrected chi connectivity index (χ4v) is 3.38. The standard InChI is InChI=1S/C18H27F2NO3S/c1-5-7-10-25-13(3)17(22)21(4)12-14-8-9-15(24-18(19)20)16(11-14)23-6-2/h8-9,11,13,18H,5-7,10,12H2,1-4H3. The van der Waals surface area contributed by atoms with Gasteiger partial charge in [-0.15, -0.1) is 11.8 Å². The molecule has 1 unspecified atom stereocenters. The van der Waals surface area contributed by atoms with E-state index >= 15 is 0 Å². The molecular weight excluding hydrogens is 348 g/mol. The minimum Gasteiger partial charge on any atom is -0.490 e. The van der Waals surface area contributed by atoms with Gasteiger partial charge in [-0.05, 0) is 43.7 Å². The summed E-state index contributed by atoms with van der Waals surface area (Å²) in [6.07, 6.45) is 2.20. The molecule has 1 aromatic carbocycles. The van der Waals surface area contributed by atoms with E-state index in [0.717, 1.165) is 24.2 Å². The largest absolute Gasteiger partial charge is 0.490 e. The number of nitrogens with zero attached hydrogens (tertiary/aromatic N) is 1. The summed E-state index contributed by atoms with van der Waals surface area (Å²) in [5, 5.41) is -0.107. The van der Waals surface area contributed by atoms with E-state index in [9.17, 15) is 13.6 Å². The summed E-state index contributed by atoms with van der Waals surface area (Å²) in [6, 6.07) is 4.75. The SMILES string of the molecule is CCCCSC(C)C(=O)N(C)Cc1ccc(OC(F)F)c(OCC)c1. The van der Waals surface area contributed by atoms with Gasteiger partial charge < -0.3 is 14.4 Å². The summed E-state index contributed by atoms with van der Waals surface area (Å²) in [4.78, 5) is 14.1. The van der Waals surface area contributed by atoms with Gasteiger partial charge in [-0.1, -0.05) is 19.4 Å². The van der Waals surface area contributed by atoms with Crippen molar-refractivity contribution in [3.8, 4) is 11.5 Å². The first-order chi connectivity index (χ1) is 11.9. The maximum absolute atomic E-state index is 12.4. The highest BCUT2D eigenvalue weighted by Gasteiger charge is 2.19. The van der Waals surface area contributed by atoms with Crippen molar-refractivity contribution in [3.63, 3.8) is 0 Å². The highest BCUT2D eigenvalue weighted by Crippen LogP contribution is 2.30. The zero-order chi connectivity index (χ0) is 18.8. The van der Waals surface area contributed by atoms with Crippen molar-refractivity contribution in [2.24, 2.45) is 0 Å². The number of amides is 1. The monoisotopic (exact) mass is 375 g/mol. The van der Waals surface area contributed by atoms with Crippen molar-refractivity contribution in [3.05, 3.63) is 23.8 Å². The van der Waals surface area contributed by atoms with E-state index in [1.54, 1.807) is 42.8 Å². The van der Waals surface area contributed by atoms with Crippen LogP contribution in [0.1, 0.15) is 39.2 Å². The highest BCUT2D eigenvalue weighted by molar-refractivity contribution is 8.00. The second kappa shape index (κ2) is 11.2. The lowest BCUT2D eigenvalue weighted by atomic mass is 10.2. The lowest BCUT2D eigenvalue weighted by molar-refractivity contribution is -0.129. The third kappa shape index (κ3) is 7.50. The van der Waals surface area contributed by atoms with Crippen molar-refractivity contribution in [2.45, 2.75) is 52.0 Å². The van der Waals surface area contributed by atoms with Crippen LogP contribution in [0.15, 0.2) is 18.2 Å². The summed E-state index contributed by atoms with van der Waals surface area (Å²) in [7, 11) is 1.74. The van der Waals surface area contributed by atoms with Crippen LogP contribution in [0, 0.1) is 0 Å². The number of carbonyl (C=O) groups is 1. The average molecular weight is 375 g/mol. The minimum absolute atomic E-state index is 0.00179. The van der Waals surface area contributed by atoms with Gasteiger partial charge in [0.1, 0.15) is 0 Å². The Hall–Kier alpha value is -1.50. The molecule has 0 aliphatic rings. The number of thioether (sulfide) groups is 1. The maximum Gasteiger partial charge on any atom is 0.387 e. The number of ether oxygens (including phenoxy) is 2. The number of alkyl halides is 2. The zero-order valence-corrected chi connectivity index (χ0v) is 16.1. The van der Waals surface area contributed by atoms with Crippen LogP contribution in [0.5, 0.6) is 11.5 Å². The van der Waals surface area contributed by atoms with Crippen LogP contribution in [0.4, 0.5) is 8.78 Å². The number of benzene rings is 1. The number of unbranched alkanes of at least 4 members (excludes halogenated alkanes) is 1. The Labute approximate surface area is 152 Å². The summed E-state index contributed by atoms with van der Waals surface area (Å²) in [5.41, 5.74) is 0.798. The average Bonchev–Trinajstić information content (AvgIpc) is 2.56. The highest BCUT2D eigenvalue weighted by atomic mass is 32.2. The third-order valence-corrected chi connectivity index (χ3v) is 4.76. The number of halogens is 2. The van der Waals surface area contributed by atoms with Gasteiger partial charge in [0.25, 0.3) is 0 Å². The molecule has 1 rings (SSSR count). The predicted octanol–water partition coefficient (Wildman–Crippen LogP) is 4.57. The van der Waals surface area contributed by atoms with E-state index in [2.05, 4.69) is 11.7 Å². The van der Waals surface area contributed by atoms with Gasteiger partial charge in [0.15, 0.2) is 11.5 Å². The molecule has 0 bridgehead atoms. The predicted molar refractivity (Wildman–Crippen MR) is 97.5 cm³/mol. The molecule has 0 saturated carbocycles. The quantitative estimate of drug-likeness (QED) is 0.531. The molecule has 0 aliphatic carbocycles. The Morgan fingerprint density at radius 1 is 1.28 bits per heavy atom. The van der Waals surface area contributed by atoms with Crippen LogP contribution < -0.4 is 9.47 Å². The van der Waals surface area contributed by atoms with Crippen molar-refractivity contribution in [1.82, 2.24) is 4.90 Å². The van der Waals surface area contributed by atoms with Crippen molar-refractivity contribution in [1.29, 1.82) is 0 Å². The van der Waals surface area contributed by atoms with Gasteiger partial charge in [-0.25, -0.2) is 0 Å². The van der Waals surface area contributed by atoms with E-state index in [-0.39, 0.29) is 22.7 Å². The molecule has 0 radical (unpaired) electrons. The van der Waals surface area contributed by atoms with Crippen LogP contribution in [-0.2, 0) is 11.3 Å². The molecule has 7 heteroatoms. The van der Waals surface area contributed by atoms with E-state index in [1.165, 1.54) is 6.07 Å². The molecule has 0 aromatic heterocycles. The summed E-state index contributed by atoms with van der Waals surface area (Å²) in [6.45, 7) is 3.61. The molecule has 0 fully saturated rings. The fourth-order valence-electron chi connectivity index (χ4n) is 2.25. The van der Waals surface area contributed by atoms with Gasteiger partial charge in [0.05, 0.1) is 11.9 Å². The molecule has 4 nitrogen and oxygen atoms in total. The lowest BCUT2D eigenvalue weighted by Crippen LogP contribution is -2.33. The Bertz CT molecular complexity index is 543. The molecular formula is C18H27F2NO3S. The number of carbonyl (C=O) groups excluding carboxylic acids is 1. The normalized spacial score (nSPS) is 12.1. The molecule has 142 valence electrons. The van der Waals surface area contributed by atoms with Crippen LogP contribution in [0.3, 0.4) is 0 Å². The topological polar surface area (TPSA) is 38.8 Å². The van der Waals surface area contributed by atoms with Crippen molar-refractivity contribution in [2.75, 3.05) is 19.4 Å². The van der Waals surface area contributed by atoms with Gasteiger partial charge in [-0.2, -0.15) is 8.78 Å². The van der Waals surface area contributed by atoms with Crippen LogP contribution in [0.25, 0.3) is 0 Å². The molecule has 0 saturated heterocycles. The molecule has 1 atom stereocenters. The van der Waals surface area contributed by atoms with Gasteiger partial charge in [0.2, 0.25) is 5.91 Å². The number of rotatable bonds is 11. The van der Waals surface area contributed by atoms with Gasteiger partial charge in [-0.3, -0.25) is 4.79 Å². The van der Waals surface area contributed by atoms with Crippen LogP contribution >= 0.6 is 11.8 Å². The fraction of sp³-hybridized carbons (Fsp3) is 0.611. The summed E-state index contributed by atoms with van der Waals surface area (Å²) < 4.78 is 34.7. The van der Waals surface area contributed by atoms with E-state index < -0.39 is 6.61 Å². The molecule has 0 aliphatic heterocycles. The lowest BCUT2D eigenvalue weighted by Gasteiger charge is -2.22. The molecule has 1 amide bonds. The van der Waals surface area contributed by atoms with Gasteiger partial charge >= 0.3 is 6.61 Å². The molecule has 0 N–H and O–H groups in total. The molecule has 0 spiro atoms. The van der Waals surface area contributed by atoms with E-state index in [1.807, 2.05) is 6.92 Å². The van der Waals surface area contributed by atoms with Crippen molar-refractivity contribution >= 4 is 17.7 Å². The minimum atomic E-state index is -2.91. The Balaban J connectivity index is 2.73. The Morgan fingerprint density at radius 2 is 2.00 bits per heavy atom. The maximum atomic E-state index is 12.4. The zero-order valence-electron chi connectivity index (χ0n) is 15.3. The van der Waals surface area contributed by atoms with Crippen LogP contribution in [-0.4, -0.2) is 42.1 Å². The molecule has 1 aromatic rings. The first-order valence-corrected chi connectivity index (χ1v) is 9.51. The molecule has 0 heterocycles. The second-order valence-corrected chi connectivity index (χ2v) is 7.10. The Kier molecular flexibility index (Phi) is 9.63. The molecule has 25 heavy (non-hydrogen) atoms. The summed E-state index contributed by atoms with van der Waals surface area (Å²) >= 11 is 1.65. The smallest absolute Gasteiger partial charge is 0.387 e. The third-order valence-electron chi connectivity index (χ3n) is 3.53. The number of hydrogen-bond donors (Lipinski definition) is 0. The first-order valence-electron chi connectivity index (χ1n) is 8.46. The van der Waals surface area contributed by atoms with E-state index in [0.29, 0.717) is 13.2 Å². The number of hydrogen-bond acceptors (Lipinski definition) is 4. The second-order valence-electron chi connectivity index (χ2n) is 5.65.